The first kappa shape index (κ1) is 12.6. The molecule has 2 nitrogen and oxygen atoms in total. The number of carbonyl (C=O) groups excluding carboxylic acids is 1. The van der Waals surface area contributed by atoms with E-state index in [1.807, 2.05) is 31.2 Å². The zero-order valence-corrected chi connectivity index (χ0v) is 11.2. The molecule has 0 saturated carbocycles. The van der Waals surface area contributed by atoms with E-state index in [-0.39, 0.29) is 11.7 Å². The van der Waals surface area contributed by atoms with E-state index < -0.39 is 0 Å². The summed E-state index contributed by atoms with van der Waals surface area (Å²) in [6.45, 7) is 2.58. The largest absolute Gasteiger partial charge is 0.385 e. The van der Waals surface area contributed by atoms with Gasteiger partial charge in [0.25, 0.3) is 0 Å². The van der Waals surface area contributed by atoms with Crippen molar-refractivity contribution in [2.24, 2.45) is 5.92 Å². The van der Waals surface area contributed by atoms with Crippen LogP contribution in [-0.4, -0.2) is 19.5 Å². The van der Waals surface area contributed by atoms with Crippen LogP contribution in [0, 0.1) is 9.49 Å². The van der Waals surface area contributed by atoms with Crippen LogP contribution in [0.4, 0.5) is 0 Å². The molecular formula is C12H15IO2. The Balaban J connectivity index is 2.72. The normalized spacial score (nSPS) is 12.5. The van der Waals surface area contributed by atoms with Gasteiger partial charge >= 0.3 is 0 Å². The summed E-state index contributed by atoms with van der Waals surface area (Å²) in [7, 11) is 1.66. The number of Topliss-reactive ketones (excluding diaryl/α,β-unsaturated/α-hetero) is 1. The molecule has 0 aliphatic rings. The number of ether oxygens (including phenoxy) is 1. The Kier molecular flexibility index (Phi) is 5.25. The Morgan fingerprint density at radius 1 is 1.47 bits per heavy atom. The molecule has 0 saturated heterocycles. The van der Waals surface area contributed by atoms with Gasteiger partial charge in [0.15, 0.2) is 5.78 Å². The second-order valence-electron chi connectivity index (χ2n) is 3.53. The molecule has 1 aromatic rings. The predicted molar refractivity (Wildman–Crippen MR) is 69.1 cm³/mol. The molecule has 3 heteroatoms. The first-order valence-corrected chi connectivity index (χ1v) is 6.02. The molecule has 1 unspecified atom stereocenters. The molecule has 15 heavy (non-hydrogen) atoms. The molecule has 0 aliphatic heterocycles. The molecule has 0 aromatic heterocycles. The van der Waals surface area contributed by atoms with Crippen LogP contribution in [0.5, 0.6) is 0 Å². The summed E-state index contributed by atoms with van der Waals surface area (Å²) in [6.07, 6.45) is 0.778. The number of rotatable bonds is 5. The van der Waals surface area contributed by atoms with Crippen LogP contribution in [0.3, 0.4) is 0 Å². The van der Waals surface area contributed by atoms with E-state index in [1.165, 1.54) is 0 Å². The average molecular weight is 318 g/mol. The Hall–Kier alpha value is -0.420. The van der Waals surface area contributed by atoms with Crippen molar-refractivity contribution in [3.05, 3.63) is 33.4 Å². The molecule has 0 heterocycles. The van der Waals surface area contributed by atoms with E-state index in [0.29, 0.717) is 6.61 Å². The highest BCUT2D eigenvalue weighted by atomic mass is 127. The van der Waals surface area contributed by atoms with Gasteiger partial charge in [0.05, 0.1) is 0 Å². The van der Waals surface area contributed by atoms with Crippen molar-refractivity contribution in [3.8, 4) is 0 Å². The minimum atomic E-state index is 0.0286. The Labute approximate surface area is 104 Å². The van der Waals surface area contributed by atoms with Gasteiger partial charge in [-0.25, -0.2) is 0 Å². The summed E-state index contributed by atoms with van der Waals surface area (Å²) < 4.78 is 5.99. The predicted octanol–water partition coefficient (Wildman–Crippen LogP) is 3.15. The molecule has 1 rings (SSSR count). The molecule has 0 amide bonds. The summed E-state index contributed by atoms with van der Waals surface area (Å²) in [4.78, 5) is 12.0. The second kappa shape index (κ2) is 6.23. The first-order valence-electron chi connectivity index (χ1n) is 4.94. The molecule has 0 fully saturated rings. The van der Waals surface area contributed by atoms with Gasteiger partial charge in [-0.1, -0.05) is 25.1 Å². The topological polar surface area (TPSA) is 26.3 Å². The Morgan fingerprint density at radius 3 is 2.73 bits per heavy atom. The number of ketones is 1. The van der Waals surface area contributed by atoms with Crippen molar-refractivity contribution >= 4 is 28.4 Å². The number of halogens is 1. The molecule has 1 aromatic carbocycles. The van der Waals surface area contributed by atoms with Crippen LogP contribution < -0.4 is 0 Å². The molecular weight excluding hydrogens is 303 g/mol. The summed E-state index contributed by atoms with van der Waals surface area (Å²) in [5.41, 5.74) is 0.821. The van der Waals surface area contributed by atoms with Crippen LogP contribution in [0.2, 0.25) is 0 Å². The standard InChI is InChI=1S/C12H15IO2/c1-9(7-8-15-2)12(14)10-5-3-4-6-11(10)13/h3-6,9H,7-8H2,1-2H3. The molecule has 0 radical (unpaired) electrons. The van der Waals surface area contributed by atoms with Crippen LogP contribution in [0.1, 0.15) is 23.7 Å². The fourth-order valence-corrected chi connectivity index (χ4v) is 2.01. The average Bonchev–Trinajstić information content (AvgIpc) is 2.25. The third-order valence-electron chi connectivity index (χ3n) is 2.34. The summed E-state index contributed by atoms with van der Waals surface area (Å²) in [5, 5.41) is 0. The minimum Gasteiger partial charge on any atom is -0.385 e. The minimum absolute atomic E-state index is 0.0286. The van der Waals surface area contributed by atoms with Gasteiger partial charge < -0.3 is 4.74 Å². The lowest BCUT2D eigenvalue weighted by molar-refractivity contribution is 0.0893. The van der Waals surface area contributed by atoms with E-state index in [9.17, 15) is 4.79 Å². The fourth-order valence-electron chi connectivity index (χ4n) is 1.35. The van der Waals surface area contributed by atoms with Gasteiger partial charge in [-0.2, -0.15) is 0 Å². The SMILES string of the molecule is COCCC(C)C(=O)c1ccccc1I. The molecule has 0 N–H and O–H groups in total. The second-order valence-corrected chi connectivity index (χ2v) is 4.69. The number of methoxy groups -OCH3 is 1. The van der Waals surface area contributed by atoms with Gasteiger partial charge in [-0.05, 0) is 35.1 Å². The monoisotopic (exact) mass is 318 g/mol. The lowest BCUT2D eigenvalue weighted by Gasteiger charge is -2.10. The summed E-state index contributed by atoms with van der Waals surface area (Å²) in [6, 6.07) is 7.68. The van der Waals surface area contributed by atoms with Crippen molar-refractivity contribution in [1.29, 1.82) is 0 Å². The smallest absolute Gasteiger partial charge is 0.166 e. The molecule has 82 valence electrons. The van der Waals surface area contributed by atoms with Crippen LogP contribution in [0.25, 0.3) is 0 Å². The van der Waals surface area contributed by atoms with Gasteiger partial charge in [0.1, 0.15) is 0 Å². The van der Waals surface area contributed by atoms with E-state index in [0.717, 1.165) is 15.6 Å². The number of carbonyl (C=O) groups is 1. The highest BCUT2D eigenvalue weighted by molar-refractivity contribution is 14.1. The third-order valence-corrected chi connectivity index (χ3v) is 3.28. The zero-order valence-electron chi connectivity index (χ0n) is 9.00. The van der Waals surface area contributed by atoms with Crippen molar-refractivity contribution in [2.75, 3.05) is 13.7 Å². The number of hydrogen-bond acceptors (Lipinski definition) is 2. The highest BCUT2D eigenvalue weighted by Gasteiger charge is 2.16. The molecule has 0 spiro atoms. The summed E-state index contributed by atoms with van der Waals surface area (Å²) in [5.74, 6) is 0.234. The third kappa shape index (κ3) is 3.57. The number of benzene rings is 1. The highest BCUT2D eigenvalue weighted by Crippen LogP contribution is 2.17. The van der Waals surface area contributed by atoms with Crippen LogP contribution >= 0.6 is 22.6 Å². The Morgan fingerprint density at radius 2 is 2.13 bits per heavy atom. The first-order chi connectivity index (χ1) is 7.16. The fraction of sp³-hybridized carbons (Fsp3) is 0.417. The molecule has 0 aliphatic carbocycles. The number of hydrogen-bond donors (Lipinski definition) is 0. The van der Waals surface area contributed by atoms with Gasteiger partial charge in [-0.3, -0.25) is 4.79 Å². The summed E-state index contributed by atoms with van der Waals surface area (Å²) >= 11 is 2.19. The van der Waals surface area contributed by atoms with Crippen molar-refractivity contribution in [2.45, 2.75) is 13.3 Å². The van der Waals surface area contributed by atoms with Crippen LogP contribution in [0.15, 0.2) is 24.3 Å². The maximum absolute atomic E-state index is 12.0. The van der Waals surface area contributed by atoms with E-state index in [1.54, 1.807) is 7.11 Å². The molecule has 1 atom stereocenters. The van der Waals surface area contributed by atoms with Gasteiger partial charge in [0, 0.05) is 28.8 Å². The quantitative estimate of drug-likeness (QED) is 0.616. The molecule has 0 bridgehead atoms. The van der Waals surface area contributed by atoms with Crippen LogP contribution in [-0.2, 0) is 4.74 Å². The van der Waals surface area contributed by atoms with Crippen molar-refractivity contribution in [1.82, 2.24) is 0 Å². The van der Waals surface area contributed by atoms with Crippen molar-refractivity contribution in [3.63, 3.8) is 0 Å². The van der Waals surface area contributed by atoms with Crippen molar-refractivity contribution < 1.29 is 9.53 Å². The van der Waals surface area contributed by atoms with E-state index in [4.69, 9.17) is 4.74 Å². The Bertz CT molecular complexity index is 336. The zero-order chi connectivity index (χ0) is 11.3. The van der Waals surface area contributed by atoms with Gasteiger partial charge in [-0.15, -0.1) is 0 Å². The maximum Gasteiger partial charge on any atom is 0.166 e. The van der Waals surface area contributed by atoms with E-state index in [2.05, 4.69) is 22.6 Å². The van der Waals surface area contributed by atoms with E-state index >= 15 is 0 Å². The van der Waals surface area contributed by atoms with Gasteiger partial charge in [0.2, 0.25) is 0 Å². The lowest BCUT2D eigenvalue weighted by Crippen LogP contribution is -2.14. The lowest BCUT2D eigenvalue weighted by atomic mass is 9.97. The maximum atomic E-state index is 12.0.